The number of anilines is 2. The summed E-state index contributed by atoms with van der Waals surface area (Å²) in [5.74, 6) is 1.80. The molecule has 2 rings (SSSR count). The molecule has 7 heteroatoms. The maximum Gasteiger partial charge on any atom is 0.231 e. The Balaban J connectivity index is 2.14. The van der Waals surface area contributed by atoms with Crippen molar-refractivity contribution in [1.29, 1.82) is 0 Å². The van der Waals surface area contributed by atoms with Crippen LogP contribution in [-0.2, 0) is 6.54 Å². The maximum atomic E-state index is 5.87. The first kappa shape index (κ1) is 14.3. The van der Waals surface area contributed by atoms with Crippen LogP contribution in [0.1, 0.15) is 5.56 Å². The molecule has 106 valence electrons. The van der Waals surface area contributed by atoms with E-state index in [1.807, 2.05) is 36.2 Å². The van der Waals surface area contributed by atoms with Crippen LogP contribution in [0, 0.1) is 0 Å². The molecule has 0 aliphatic carbocycles. The van der Waals surface area contributed by atoms with Crippen LogP contribution < -0.4 is 15.0 Å². The standard InChI is InChI=1S/C13H16ClN5O/c1-15-12-16-11(14)17-13(18-12)19(2)8-9-4-6-10(20-3)7-5-9/h4-7H,8H2,1-3H3,(H,15,16,17,18). The maximum absolute atomic E-state index is 5.87. The van der Waals surface area contributed by atoms with Gasteiger partial charge in [-0.1, -0.05) is 12.1 Å². The number of benzene rings is 1. The van der Waals surface area contributed by atoms with Crippen LogP contribution in [-0.4, -0.2) is 36.2 Å². The Bertz CT molecular complexity index is 575. The first-order valence-electron chi connectivity index (χ1n) is 6.05. The van der Waals surface area contributed by atoms with Crippen LogP contribution in [0.5, 0.6) is 5.75 Å². The summed E-state index contributed by atoms with van der Waals surface area (Å²) in [6.07, 6.45) is 0. The smallest absolute Gasteiger partial charge is 0.231 e. The van der Waals surface area contributed by atoms with Gasteiger partial charge >= 0.3 is 0 Å². The molecule has 1 aromatic heterocycles. The highest BCUT2D eigenvalue weighted by molar-refractivity contribution is 6.28. The average molecular weight is 294 g/mol. The summed E-state index contributed by atoms with van der Waals surface area (Å²) in [6.45, 7) is 0.660. The van der Waals surface area contributed by atoms with Gasteiger partial charge in [0.15, 0.2) is 0 Å². The Kier molecular flexibility index (Phi) is 4.57. The quantitative estimate of drug-likeness (QED) is 0.912. The molecule has 1 aromatic carbocycles. The van der Waals surface area contributed by atoms with E-state index in [0.29, 0.717) is 18.4 Å². The minimum Gasteiger partial charge on any atom is -0.497 e. The van der Waals surface area contributed by atoms with E-state index in [1.165, 1.54) is 0 Å². The fraction of sp³-hybridized carbons (Fsp3) is 0.308. The highest BCUT2D eigenvalue weighted by atomic mass is 35.5. The van der Waals surface area contributed by atoms with E-state index >= 15 is 0 Å². The van der Waals surface area contributed by atoms with Gasteiger partial charge in [-0.3, -0.25) is 0 Å². The number of ether oxygens (including phenoxy) is 1. The van der Waals surface area contributed by atoms with Crippen LogP contribution in [0.2, 0.25) is 5.28 Å². The Labute approximate surface area is 122 Å². The zero-order chi connectivity index (χ0) is 14.5. The van der Waals surface area contributed by atoms with Crippen molar-refractivity contribution in [2.45, 2.75) is 6.54 Å². The molecule has 0 atom stereocenters. The van der Waals surface area contributed by atoms with Gasteiger partial charge in [-0.25, -0.2) is 0 Å². The fourth-order valence-electron chi connectivity index (χ4n) is 1.70. The van der Waals surface area contributed by atoms with Crippen molar-refractivity contribution in [2.75, 3.05) is 31.4 Å². The molecule has 2 aromatic rings. The second kappa shape index (κ2) is 6.38. The van der Waals surface area contributed by atoms with E-state index in [0.717, 1.165) is 11.3 Å². The molecule has 0 spiro atoms. The molecule has 0 saturated heterocycles. The predicted octanol–water partition coefficient (Wildman–Crippen LogP) is 2.21. The number of methoxy groups -OCH3 is 1. The van der Waals surface area contributed by atoms with Crippen molar-refractivity contribution < 1.29 is 4.74 Å². The fourth-order valence-corrected chi connectivity index (χ4v) is 1.85. The summed E-state index contributed by atoms with van der Waals surface area (Å²) >= 11 is 5.87. The molecule has 1 N–H and O–H groups in total. The van der Waals surface area contributed by atoms with Crippen LogP contribution in [0.3, 0.4) is 0 Å². The first-order chi connectivity index (χ1) is 9.62. The third kappa shape index (κ3) is 3.48. The molecule has 0 bridgehead atoms. The zero-order valence-corrected chi connectivity index (χ0v) is 12.3. The number of nitrogens with one attached hydrogen (secondary N) is 1. The number of rotatable bonds is 5. The number of nitrogens with zero attached hydrogens (tertiary/aromatic N) is 4. The summed E-state index contributed by atoms with van der Waals surface area (Å²) in [5, 5.41) is 3.02. The van der Waals surface area contributed by atoms with Crippen LogP contribution in [0.4, 0.5) is 11.9 Å². The lowest BCUT2D eigenvalue weighted by atomic mass is 10.2. The monoisotopic (exact) mass is 293 g/mol. The molecule has 20 heavy (non-hydrogen) atoms. The molecule has 0 amide bonds. The molecule has 1 heterocycles. The molecule has 0 aliphatic heterocycles. The first-order valence-corrected chi connectivity index (χ1v) is 6.43. The van der Waals surface area contributed by atoms with Gasteiger partial charge in [0.1, 0.15) is 5.75 Å². The Morgan fingerprint density at radius 2 is 1.90 bits per heavy atom. The molecule has 0 fully saturated rings. The lowest BCUT2D eigenvalue weighted by Crippen LogP contribution is -2.20. The Morgan fingerprint density at radius 3 is 2.50 bits per heavy atom. The van der Waals surface area contributed by atoms with Gasteiger partial charge in [0, 0.05) is 20.6 Å². The van der Waals surface area contributed by atoms with Gasteiger partial charge in [-0.15, -0.1) is 0 Å². The van der Waals surface area contributed by atoms with Gasteiger partial charge in [0.2, 0.25) is 17.2 Å². The molecule has 0 radical (unpaired) electrons. The predicted molar refractivity (Wildman–Crippen MR) is 79.5 cm³/mol. The Hall–Kier alpha value is -2.08. The average Bonchev–Trinajstić information content (AvgIpc) is 2.47. The van der Waals surface area contributed by atoms with E-state index in [1.54, 1.807) is 14.2 Å². The number of hydrogen-bond donors (Lipinski definition) is 1. The normalized spacial score (nSPS) is 10.2. The van der Waals surface area contributed by atoms with Crippen LogP contribution in [0.25, 0.3) is 0 Å². The number of aromatic nitrogens is 3. The van der Waals surface area contributed by atoms with Gasteiger partial charge in [-0.05, 0) is 29.3 Å². The number of halogens is 1. The van der Waals surface area contributed by atoms with Gasteiger partial charge in [0.05, 0.1) is 7.11 Å². The summed E-state index contributed by atoms with van der Waals surface area (Å²) < 4.78 is 5.13. The summed E-state index contributed by atoms with van der Waals surface area (Å²) in [4.78, 5) is 14.2. The second-order valence-corrected chi connectivity index (χ2v) is 4.52. The topological polar surface area (TPSA) is 63.2 Å². The minimum absolute atomic E-state index is 0.168. The van der Waals surface area contributed by atoms with Crippen molar-refractivity contribution >= 4 is 23.5 Å². The van der Waals surface area contributed by atoms with Crippen molar-refractivity contribution in [1.82, 2.24) is 15.0 Å². The zero-order valence-electron chi connectivity index (χ0n) is 11.6. The third-order valence-electron chi connectivity index (χ3n) is 2.74. The molecule has 0 unspecified atom stereocenters. The van der Waals surface area contributed by atoms with E-state index in [4.69, 9.17) is 16.3 Å². The molecule has 0 saturated carbocycles. The summed E-state index contributed by atoms with van der Waals surface area (Å²) in [6, 6.07) is 7.83. The van der Waals surface area contributed by atoms with Crippen molar-refractivity contribution in [3.05, 3.63) is 35.1 Å². The lowest BCUT2D eigenvalue weighted by Gasteiger charge is -2.17. The van der Waals surface area contributed by atoms with Crippen molar-refractivity contribution in [3.63, 3.8) is 0 Å². The largest absolute Gasteiger partial charge is 0.497 e. The van der Waals surface area contributed by atoms with Gasteiger partial charge in [0.25, 0.3) is 0 Å². The van der Waals surface area contributed by atoms with E-state index in [2.05, 4.69) is 20.3 Å². The Morgan fingerprint density at radius 1 is 1.20 bits per heavy atom. The van der Waals surface area contributed by atoms with Crippen LogP contribution >= 0.6 is 11.6 Å². The molecule has 0 aliphatic rings. The summed E-state index contributed by atoms with van der Waals surface area (Å²) in [7, 11) is 5.28. The summed E-state index contributed by atoms with van der Waals surface area (Å²) in [5.41, 5.74) is 1.12. The van der Waals surface area contributed by atoms with Crippen molar-refractivity contribution in [2.24, 2.45) is 0 Å². The third-order valence-corrected chi connectivity index (χ3v) is 2.91. The van der Waals surface area contributed by atoms with E-state index in [-0.39, 0.29) is 5.28 Å². The highest BCUT2D eigenvalue weighted by Gasteiger charge is 2.09. The van der Waals surface area contributed by atoms with E-state index < -0.39 is 0 Å². The minimum atomic E-state index is 0.168. The van der Waals surface area contributed by atoms with E-state index in [9.17, 15) is 0 Å². The lowest BCUT2D eigenvalue weighted by molar-refractivity contribution is 0.414. The van der Waals surface area contributed by atoms with Gasteiger partial charge < -0.3 is 15.0 Å². The highest BCUT2D eigenvalue weighted by Crippen LogP contribution is 2.16. The molecule has 6 nitrogen and oxygen atoms in total. The van der Waals surface area contributed by atoms with Crippen LogP contribution in [0.15, 0.2) is 24.3 Å². The molecular weight excluding hydrogens is 278 g/mol. The second-order valence-electron chi connectivity index (χ2n) is 4.18. The molecular formula is C13H16ClN5O. The SMILES string of the molecule is CNc1nc(Cl)nc(N(C)Cc2ccc(OC)cc2)n1. The number of hydrogen-bond acceptors (Lipinski definition) is 6. The van der Waals surface area contributed by atoms with Crippen molar-refractivity contribution in [3.8, 4) is 5.75 Å². The van der Waals surface area contributed by atoms with Gasteiger partial charge in [-0.2, -0.15) is 15.0 Å².